The first-order valence-corrected chi connectivity index (χ1v) is 7.52. The van der Waals surface area contributed by atoms with E-state index in [1.54, 1.807) is 0 Å². The van der Waals surface area contributed by atoms with Crippen molar-refractivity contribution >= 4 is 12.4 Å². The maximum absolute atomic E-state index is 5.46. The zero-order chi connectivity index (χ0) is 14.4. The van der Waals surface area contributed by atoms with Crippen molar-refractivity contribution in [1.82, 2.24) is 20.4 Å². The van der Waals surface area contributed by atoms with Gasteiger partial charge in [-0.25, -0.2) is 0 Å². The van der Waals surface area contributed by atoms with Crippen molar-refractivity contribution in [3.8, 4) is 0 Å². The van der Waals surface area contributed by atoms with Gasteiger partial charge >= 0.3 is 0 Å². The van der Waals surface area contributed by atoms with Crippen LogP contribution in [0.25, 0.3) is 0 Å². The summed E-state index contributed by atoms with van der Waals surface area (Å²) < 4.78 is 10.8. The van der Waals surface area contributed by atoms with Gasteiger partial charge < -0.3 is 14.6 Å². The Balaban J connectivity index is 0.00000220. The Kier molecular flexibility index (Phi) is 8.18. The average molecular weight is 319 g/mol. The lowest BCUT2D eigenvalue weighted by Crippen LogP contribution is -2.34. The van der Waals surface area contributed by atoms with Crippen LogP contribution in [0, 0.1) is 5.92 Å². The van der Waals surface area contributed by atoms with Gasteiger partial charge in [-0.2, -0.15) is 4.98 Å². The monoisotopic (exact) mass is 318 g/mol. The molecule has 1 atom stereocenters. The van der Waals surface area contributed by atoms with Gasteiger partial charge in [-0.1, -0.05) is 5.16 Å². The van der Waals surface area contributed by atoms with Crippen LogP contribution < -0.4 is 5.32 Å². The van der Waals surface area contributed by atoms with Gasteiger partial charge in [0.15, 0.2) is 5.82 Å². The quantitative estimate of drug-likeness (QED) is 0.830. The molecular formula is C14H27ClN4O2. The van der Waals surface area contributed by atoms with Crippen LogP contribution in [0.2, 0.25) is 0 Å². The molecule has 0 amide bonds. The molecule has 0 aliphatic carbocycles. The number of nitrogens with zero attached hydrogens (tertiary/aromatic N) is 3. The molecule has 2 rings (SSSR count). The third-order valence-electron chi connectivity index (χ3n) is 3.70. The summed E-state index contributed by atoms with van der Waals surface area (Å²) in [4.78, 5) is 6.67. The Morgan fingerprint density at radius 1 is 1.43 bits per heavy atom. The Labute approximate surface area is 133 Å². The fourth-order valence-corrected chi connectivity index (χ4v) is 2.62. The number of hydrogen-bond acceptors (Lipinski definition) is 6. The Bertz CT molecular complexity index is 396. The lowest BCUT2D eigenvalue weighted by Gasteiger charge is -2.26. The van der Waals surface area contributed by atoms with Gasteiger partial charge in [0, 0.05) is 13.2 Å². The third kappa shape index (κ3) is 5.90. The fraction of sp³-hybridized carbons (Fsp3) is 0.857. The van der Waals surface area contributed by atoms with E-state index in [0.717, 1.165) is 25.6 Å². The summed E-state index contributed by atoms with van der Waals surface area (Å²) in [5.41, 5.74) is 0. The second-order valence-electron chi connectivity index (χ2n) is 5.53. The van der Waals surface area contributed by atoms with Gasteiger partial charge in [-0.3, -0.25) is 4.90 Å². The molecular weight excluding hydrogens is 292 g/mol. The van der Waals surface area contributed by atoms with Crippen LogP contribution in [0.5, 0.6) is 0 Å². The first-order valence-electron chi connectivity index (χ1n) is 7.52. The minimum absolute atomic E-state index is 0. The molecule has 1 unspecified atom stereocenters. The summed E-state index contributed by atoms with van der Waals surface area (Å²) in [6.07, 6.45) is 2.40. The van der Waals surface area contributed by atoms with Crippen molar-refractivity contribution in [2.45, 2.75) is 39.3 Å². The van der Waals surface area contributed by atoms with E-state index in [4.69, 9.17) is 9.26 Å². The van der Waals surface area contributed by atoms with Crippen LogP contribution >= 0.6 is 12.4 Å². The van der Waals surface area contributed by atoms with Gasteiger partial charge in [0.1, 0.15) is 6.10 Å². The van der Waals surface area contributed by atoms with Crippen LogP contribution in [0.15, 0.2) is 4.52 Å². The number of nitrogens with one attached hydrogen (secondary N) is 1. The largest absolute Gasteiger partial charge is 0.371 e. The lowest BCUT2D eigenvalue weighted by atomic mass is 9.98. The van der Waals surface area contributed by atoms with Crippen LogP contribution in [-0.4, -0.2) is 48.3 Å². The van der Waals surface area contributed by atoms with Gasteiger partial charge in [0.05, 0.1) is 6.54 Å². The van der Waals surface area contributed by atoms with Crippen LogP contribution in [0.1, 0.15) is 44.5 Å². The minimum Gasteiger partial charge on any atom is -0.371 e. The van der Waals surface area contributed by atoms with Crippen molar-refractivity contribution in [2.75, 3.05) is 33.3 Å². The maximum Gasteiger partial charge on any atom is 0.240 e. The van der Waals surface area contributed by atoms with E-state index in [2.05, 4.69) is 27.4 Å². The van der Waals surface area contributed by atoms with E-state index in [-0.39, 0.29) is 18.5 Å². The number of rotatable bonds is 7. The molecule has 6 nitrogen and oxygen atoms in total. The molecule has 0 spiro atoms. The van der Waals surface area contributed by atoms with Crippen LogP contribution in [-0.2, 0) is 11.3 Å². The van der Waals surface area contributed by atoms with Gasteiger partial charge in [-0.05, 0) is 52.7 Å². The Hall–Kier alpha value is -0.690. The normalized spacial score (nSPS) is 17.7. The summed E-state index contributed by atoms with van der Waals surface area (Å²) in [6.45, 7) is 8.61. The lowest BCUT2D eigenvalue weighted by molar-refractivity contribution is 0.0683. The standard InChI is InChI=1S/C14H26N4O2.ClH/c1-4-19-11(2)14-16-13(20-17-14)10-18(3)9-12-5-7-15-8-6-12;/h11-12,15H,4-10H2,1-3H3;1H. The maximum atomic E-state index is 5.46. The SMILES string of the molecule is CCOC(C)c1noc(CN(C)CC2CCNCC2)n1.Cl. The van der Waals surface area contributed by atoms with Gasteiger partial charge in [0.2, 0.25) is 5.89 Å². The zero-order valence-electron chi connectivity index (χ0n) is 13.2. The minimum atomic E-state index is -0.104. The Morgan fingerprint density at radius 3 is 2.81 bits per heavy atom. The van der Waals surface area contributed by atoms with E-state index < -0.39 is 0 Å². The second-order valence-corrected chi connectivity index (χ2v) is 5.53. The molecule has 0 saturated carbocycles. The third-order valence-corrected chi connectivity index (χ3v) is 3.70. The molecule has 0 aromatic carbocycles. The molecule has 2 heterocycles. The molecule has 0 bridgehead atoms. The summed E-state index contributed by atoms with van der Waals surface area (Å²) in [6, 6.07) is 0. The van der Waals surface area contributed by atoms with E-state index in [9.17, 15) is 0 Å². The average Bonchev–Trinajstić information content (AvgIpc) is 2.88. The number of halogens is 1. The highest BCUT2D eigenvalue weighted by Gasteiger charge is 2.18. The first kappa shape index (κ1) is 18.4. The summed E-state index contributed by atoms with van der Waals surface area (Å²) in [7, 11) is 2.11. The van der Waals surface area contributed by atoms with E-state index >= 15 is 0 Å². The molecule has 1 N–H and O–H groups in total. The van der Waals surface area contributed by atoms with E-state index in [1.165, 1.54) is 12.8 Å². The predicted molar refractivity (Wildman–Crippen MR) is 83.5 cm³/mol. The molecule has 21 heavy (non-hydrogen) atoms. The van der Waals surface area contributed by atoms with Crippen molar-refractivity contribution in [1.29, 1.82) is 0 Å². The van der Waals surface area contributed by atoms with Crippen LogP contribution in [0.4, 0.5) is 0 Å². The number of piperidine rings is 1. The molecule has 7 heteroatoms. The van der Waals surface area contributed by atoms with Crippen molar-refractivity contribution in [3.63, 3.8) is 0 Å². The predicted octanol–water partition coefficient (Wildman–Crippen LogP) is 2.02. The van der Waals surface area contributed by atoms with Crippen LogP contribution in [0.3, 0.4) is 0 Å². The van der Waals surface area contributed by atoms with Crippen molar-refractivity contribution < 1.29 is 9.26 Å². The second kappa shape index (κ2) is 9.35. The molecule has 1 saturated heterocycles. The summed E-state index contributed by atoms with van der Waals surface area (Å²) >= 11 is 0. The van der Waals surface area contributed by atoms with Gasteiger partial charge in [0.25, 0.3) is 0 Å². The molecule has 122 valence electrons. The first-order chi connectivity index (χ1) is 9.69. The Morgan fingerprint density at radius 2 is 2.14 bits per heavy atom. The summed E-state index contributed by atoms with van der Waals surface area (Å²) in [5.74, 6) is 2.08. The molecule has 1 fully saturated rings. The molecule has 1 aromatic rings. The van der Waals surface area contributed by atoms with Gasteiger partial charge in [-0.15, -0.1) is 12.4 Å². The molecule has 1 aromatic heterocycles. The molecule has 1 aliphatic heterocycles. The zero-order valence-corrected chi connectivity index (χ0v) is 14.0. The fourth-order valence-electron chi connectivity index (χ4n) is 2.62. The molecule has 1 aliphatic rings. The number of aromatic nitrogens is 2. The number of hydrogen-bond donors (Lipinski definition) is 1. The van der Waals surface area contributed by atoms with E-state index in [0.29, 0.717) is 24.9 Å². The number of ether oxygens (including phenoxy) is 1. The van der Waals surface area contributed by atoms with Crippen molar-refractivity contribution in [3.05, 3.63) is 11.7 Å². The topological polar surface area (TPSA) is 63.4 Å². The highest BCUT2D eigenvalue weighted by atomic mass is 35.5. The van der Waals surface area contributed by atoms with E-state index in [1.807, 2.05) is 13.8 Å². The smallest absolute Gasteiger partial charge is 0.240 e. The highest BCUT2D eigenvalue weighted by Crippen LogP contribution is 2.16. The summed E-state index contributed by atoms with van der Waals surface area (Å²) in [5, 5.41) is 7.38. The highest BCUT2D eigenvalue weighted by molar-refractivity contribution is 5.85. The molecule has 0 radical (unpaired) electrons. The van der Waals surface area contributed by atoms with Crippen molar-refractivity contribution in [2.24, 2.45) is 5.92 Å².